The van der Waals surface area contributed by atoms with Gasteiger partial charge in [0.2, 0.25) is 5.95 Å². The maximum Gasteiger partial charge on any atom is 0.293 e. The number of nitrogens with one attached hydrogen (secondary N) is 1. The predicted octanol–water partition coefficient (Wildman–Crippen LogP) is 4.66. The Hall–Kier alpha value is -3.17. The Morgan fingerprint density at radius 2 is 1.92 bits per heavy atom. The standard InChI is InChI=1S/C27H35ClN6O3/c1-7-21(35)15-37-24-11-19-10-20(8-9-23(19)34(16(2)3)26(24)36)30-25-22(28)12-29-27(31-25)33-13-17(4)32(6)18(5)14-33/h8-12,16-18H,7,13-15H2,1-6H3,(H,29,30,31)/t17-,18+. The van der Waals surface area contributed by atoms with Gasteiger partial charge < -0.3 is 19.5 Å². The number of carbonyl (C=O) groups is 1. The van der Waals surface area contributed by atoms with Crippen molar-refractivity contribution in [2.45, 2.75) is 59.2 Å². The van der Waals surface area contributed by atoms with Crippen molar-refractivity contribution in [3.63, 3.8) is 0 Å². The molecule has 1 N–H and O–H groups in total. The summed E-state index contributed by atoms with van der Waals surface area (Å²) in [4.78, 5) is 38.6. The molecule has 1 saturated heterocycles. The molecule has 2 atom stereocenters. The number of rotatable bonds is 8. The molecule has 4 rings (SSSR count). The van der Waals surface area contributed by atoms with Gasteiger partial charge in [0.05, 0.1) is 11.7 Å². The lowest BCUT2D eigenvalue weighted by Gasteiger charge is -2.42. The second-order valence-corrected chi connectivity index (χ2v) is 10.4. The molecule has 2 aromatic heterocycles. The monoisotopic (exact) mass is 526 g/mol. The number of aromatic nitrogens is 3. The molecule has 3 aromatic rings. The van der Waals surface area contributed by atoms with Crippen LogP contribution < -0.4 is 20.5 Å². The number of fused-ring (bicyclic) bond motifs is 1. The van der Waals surface area contributed by atoms with Crippen LogP contribution in [0.5, 0.6) is 5.75 Å². The van der Waals surface area contributed by atoms with Gasteiger partial charge in [-0.3, -0.25) is 14.5 Å². The van der Waals surface area contributed by atoms with Gasteiger partial charge in [0.1, 0.15) is 11.6 Å². The highest BCUT2D eigenvalue weighted by atomic mass is 35.5. The van der Waals surface area contributed by atoms with Crippen LogP contribution in [0.4, 0.5) is 17.5 Å². The Balaban J connectivity index is 1.66. The summed E-state index contributed by atoms with van der Waals surface area (Å²) in [7, 11) is 2.14. The Labute approximate surface area is 222 Å². The van der Waals surface area contributed by atoms with E-state index in [1.807, 2.05) is 32.0 Å². The van der Waals surface area contributed by atoms with Gasteiger partial charge in [0.25, 0.3) is 5.56 Å². The van der Waals surface area contributed by atoms with E-state index in [-0.39, 0.29) is 29.7 Å². The molecule has 0 bridgehead atoms. The Kier molecular flexibility index (Phi) is 8.04. The fraction of sp³-hybridized carbons (Fsp3) is 0.481. The molecule has 0 radical (unpaired) electrons. The van der Waals surface area contributed by atoms with E-state index in [1.54, 1.807) is 23.8 Å². The van der Waals surface area contributed by atoms with Crippen molar-refractivity contribution in [2.24, 2.45) is 0 Å². The number of pyridine rings is 1. The number of ether oxygens (including phenoxy) is 1. The van der Waals surface area contributed by atoms with E-state index in [9.17, 15) is 9.59 Å². The highest BCUT2D eigenvalue weighted by Crippen LogP contribution is 2.29. The number of hydrogen-bond donors (Lipinski definition) is 1. The number of nitrogens with zero attached hydrogens (tertiary/aromatic N) is 5. The summed E-state index contributed by atoms with van der Waals surface area (Å²) in [6, 6.07) is 8.04. The molecule has 0 spiro atoms. The molecule has 37 heavy (non-hydrogen) atoms. The SMILES string of the molecule is CCC(=O)COc1cc2cc(Nc3nc(N4C[C@@H](C)N(C)[C@@H](C)C4)ncc3Cl)ccc2n(C(C)C)c1=O. The third kappa shape index (κ3) is 5.72. The number of Topliss-reactive ketones (excluding diaryl/α,β-unsaturated/α-hetero) is 1. The first-order valence-electron chi connectivity index (χ1n) is 12.7. The number of hydrogen-bond acceptors (Lipinski definition) is 8. The van der Waals surface area contributed by atoms with Crippen molar-refractivity contribution in [1.82, 2.24) is 19.4 Å². The minimum Gasteiger partial charge on any atom is -0.480 e. The lowest BCUT2D eigenvalue weighted by atomic mass is 10.1. The molecule has 1 aliphatic rings. The van der Waals surface area contributed by atoms with Crippen molar-refractivity contribution in [3.8, 4) is 5.75 Å². The Morgan fingerprint density at radius 1 is 1.22 bits per heavy atom. The number of piperazine rings is 1. The summed E-state index contributed by atoms with van der Waals surface area (Å²) in [5, 5.41) is 4.52. The summed E-state index contributed by atoms with van der Waals surface area (Å²) in [5.41, 5.74) is 1.27. The Morgan fingerprint density at radius 3 is 2.57 bits per heavy atom. The number of carbonyl (C=O) groups excluding carboxylic acids is 1. The van der Waals surface area contributed by atoms with Gasteiger partial charge in [-0.05, 0) is 59.0 Å². The zero-order chi connectivity index (χ0) is 26.9. The van der Waals surface area contributed by atoms with Crippen molar-refractivity contribution < 1.29 is 9.53 Å². The first kappa shape index (κ1) is 26.9. The van der Waals surface area contributed by atoms with Crippen LogP contribution in [0.2, 0.25) is 5.02 Å². The second kappa shape index (κ2) is 11.1. The van der Waals surface area contributed by atoms with Crippen LogP contribution in [0.25, 0.3) is 10.9 Å². The summed E-state index contributed by atoms with van der Waals surface area (Å²) in [6.45, 7) is 11.6. The summed E-state index contributed by atoms with van der Waals surface area (Å²) >= 11 is 6.47. The van der Waals surface area contributed by atoms with Crippen LogP contribution in [-0.2, 0) is 4.79 Å². The zero-order valence-corrected chi connectivity index (χ0v) is 23.0. The maximum absolute atomic E-state index is 13.1. The summed E-state index contributed by atoms with van der Waals surface area (Å²) < 4.78 is 7.30. The average Bonchev–Trinajstić information content (AvgIpc) is 2.86. The van der Waals surface area contributed by atoms with Crippen molar-refractivity contribution in [3.05, 3.63) is 45.8 Å². The van der Waals surface area contributed by atoms with Crippen molar-refractivity contribution in [1.29, 1.82) is 0 Å². The normalized spacial score (nSPS) is 18.4. The topological polar surface area (TPSA) is 92.6 Å². The van der Waals surface area contributed by atoms with Crippen molar-refractivity contribution in [2.75, 3.05) is 37.0 Å². The molecular formula is C27H35ClN6O3. The number of benzene rings is 1. The van der Waals surface area contributed by atoms with E-state index in [1.165, 1.54) is 0 Å². The van der Waals surface area contributed by atoms with Crippen LogP contribution in [0, 0.1) is 0 Å². The van der Waals surface area contributed by atoms with Gasteiger partial charge in [0, 0.05) is 48.7 Å². The van der Waals surface area contributed by atoms with Crippen LogP contribution in [-0.4, -0.2) is 64.0 Å². The number of ketones is 1. The molecule has 10 heteroatoms. The summed E-state index contributed by atoms with van der Waals surface area (Å²) in [5.74, 6) is 1.22. The van der Waals surface area contributed by atoms with Crippen LogP contribution in [0.1, 0.15) is 47.1 Å². The fourth-order valence-corrected chi connectivity index (χ4v) is 4.72. The van der Waals surface area contributed by atoms with E-state index < -0.39 is 0 Å². The second-order valence-electron chi connectivity index (χ2n) is 9.99. The first-order chi connectivity index (χ1) is 17.6. The van der Waals surface area contributed by atoms with Crippen molar-refractivity contribution >= 4 is 45.7 Å². The van der Waals surface area contributed by atoms with Crippen LogP contribution in [0.15, 0.2) is 35.3 Å². The van der Waals surface area contributed by atoms with Crippen LogP contribution >= 0.6 is 11.6 Å². The quantitative estimate of drug-likeness (QED) is 0.453. The molecule has 3 heterocycles. The van der Waals surface area contributed by atoms with Crippen LogP contribution in [0.3, 0.4) is 0 Å². The largest absolute Gasteiger partial charge is 0.480 e. The lowest BCUT2D eigenvalue weighted by molar-refractivity contribution is -0.120. The number of anilines is 3. The molecule has 1 aliphatic heterocycles. The molecule has 0 unspecified atom stereocenters. The molecule has 198 valence electrons. The highest BCUT2D eigenvalue weighted by Gasteiger charge is 2.28. The molecule has 0 saturated carbocycles. The van der Waals surface area contributed by atoms with Gasteiger partial charge >= 0.3 is 0 Å². The fourth-order valence-electron chi connectivity index (χ4n) is 4.58. The predicted molar refractivity (Wildman–Crippen MR) is 149 cm³/mol. The van der Waals surface area contributed by atoms with Gasteiger partial charge in [-0.15, -0.1) is 0 Å². The molecular weight excluding hydrogens is 492 g/mol. The summed E-state index contributed by atoms with van der Waals surface area (Å²) in [6.07, 6.45) is 1.97. The van der Waals surface area contributed by atoms with E-state index in [2.05, 4.69) is 41.0 Å². The van der Waals surface area contributed by atoms with Gasteiger partial charge in [0.15, 0.2) is 17.4 Å². The van der Waals surface area contributed by atoms with E-state index in [0.717, 1.165) is 29.7 Å². The van der Waals surface area contributed by atoms with Gasteiger partial charge in [-0.25, -0.2) is 4.98 Å². The molecule has 1 fully saturated rings. The van der Waals surface area contributed by atoms with E-state index >= 15 is 0 Å². The maximum atomic E-state index is 13.1. The lowest BCUT2D eigenvalue weighted by Crippen LogP contribution is -2.55. The number of likely N-dealkylation sites (N-methyl/N-ethyl adjacent to an activating group) is 1. The van der Waals surface area contributed by atoms with Gasteiger partial charge in [-0.1, -0.05) is 18.5 Å². The molecule has 0 aliphatic carbocycles. The minimum atomic E-state index is -0.258. The van der Waals surface area contributed by atoms with E-state index in [4.69, 9.17) is 21.3 Å². The zero-order valence-electron chi connectivity index (χ0n) is 22.3. The number of halogens is 1. The molecule has 1 aromatic carbocycles. The van der Waals surface area contributed by atoms with E-state index in [0.29, 0.717) is 35.3 Å². The third-order valence-electron chi connectivity index (χ3n) is 6.94. The molecule has 9 nitrogen and oxygen atoms in total. The third-order valence-corrected chi connectivity index (χ3v) is 7.22. The first-order valence-corrected chi connectivity index (χ1v) is 13.1. The average molecular weight is 527 g/mol. The Bertz CT molecular complexity index is 1350. The highest BCUT2D eigenvalue weighted by molar-refractivity contribution is 6.32. The molecule has 0 amide bonds. The van der Waals surface area contributed by atoms with Gasteiger partial charge in [-0.2, -0.15) is 4.98 Å². The minimum absolute atomic E-state index is 0.0654. The smallest absolute Gasteiger partial charge is 0.293 e.